The van der Waals surface area contributed by atoms with E-state index < -0.39 is 5.54 Å². The Bertz CT molecular complexity index is 525. The minimum absolute atomic E-state index is 0.0341. The van der Waals surface area contributed by atoms with Crippen LogP contribution in [0.2, 0.25) is 0 Å². The summed E-state index contributed by atoms with van der Waals surface area (Å²) in [6, 6.07) is 1.78. The van der Waals surface area contributed by atoms with Gasteiger partial charge in [-0.15, -0.1) is 0 Å². The van der Waals surface area contributed by atoms with E-state index in [2.05, 4.69) is 32.2 Å². The number of urea groups is 1. The number of nitrogens with zero attached hydrogens (tertiary/aromatic N) is 3. The molecule has 0 aromatic carbocycles. The average Bonchev–Trinajstić information content (AvgIpc) is 2.61. The maximum atomic E-state index is 13.0. The van der Waals surface area contributed by atoms with Crippen LogP contribution in [0.4, 0.5) is 4.79 Å². The van der Waals surface area contributed by atoms with Gasteiger partial charge in [-0.2, -0.15) is 5.26 Å². The number of hydrogen-bond acceptors (Lipinski definition) is 4. The molecular formula is C17H28N4O2. The monoisotopic (exact) mass is 320 g/mol. The summed E-state index contributed by atoms with van der Waals surface area (Å²) < 4.78 is 0. The SMILES string of the molecule is CCCN(CC#N)CN1C(=O)NC2(CC(C)CC(C)(C)C2)C1=O. The number of carbonyl (C=O) groups excluding carboxylic acids is 2. The van der Waals surface area contributed by atoms with Gasteiger partial charge in [0.2, 0.25) is 0 Å². The molecule has 2 unspecified atom stereocenters. The molecular weight excluding hydrogens is 292 g/mol. The highest BCUT2D eigenvalue weighted by molar-refractivity contribution is 6.07. The van der Waals surface area contributed by atoms with Gasteiger partial charge in [-0.1, -0.05) is 27.7 Å². The van der Waals surface area contributed by atoms with Gasteiger partial charge in [0.1, 0.15) is 5.54 Å². The molecule has 1 aliphatic carbocycles. The second kappa shape index (κ2) is 6.48. The zero-order valence-corrected chi connectivity index (χ0v) is 14.7. The van der Waals surface area contributed by atoms with E-state index in [0.717, 1.165) is 12.8 Å². The highest BCUT2D eigenvalue weighted by atomic mass is 16.2. The Kier molecular flexibility index (Phi) is 5.00. The van der Waals surface area contributed by atoms with E-state index >= 15 is 0 Å². The van der Waals surface area contributed by atoms with Crippen molar-refractivity contribution in [2.75, 3.05) is 19.8 Å². The Morgan fingerprint density at radius 2 is 2.09 bits per heavy atom. The number of carbonyl (C=O) groups is 2. The van der Waals surface area contributed by atoms with Gasteiger partial charge in [-0.3, -0.25) is 9.69 Å². The van der Waals surface area contributed by atoms with Gasteiger partial charge in [0.15, 0.2) is 0 Å². The van der Waals surface area contributed by atoms with Crippen LogP contribution in [0, 0.1) is 22.7 Å². The van der Waals surface area contributed by atoms with Crippen molar-refractivity contribution in [1.82, 2.24) is 15.1 Å². The van der Waals surface area contributed by atoms with Gasteiger partial charge in [-0.05, 0) is 37.0 Å². The summed E-state index contributed by atoms with van der Waals surface area (Å²) >= 11 is 0. The lowest BCUT2D eigenvalue weighted by Crippen LogP contribution is -2.54. The van der Waals surface area contributed by atoms with E-state index in [0.29, 0.717) is 25.3 Å². The second-order valence-electron chi connectivity index (χ2n) is 7.95. The molecule has 1 saturated carbocycles. The lowest BCUT2D eigenvalue weighted by atomic mass is 9.64. The molecule has 1 heterocycles. The van der Waals surface area contributed by atoms with Gasteiger partial charge in [0.25, 0.3) is 5.91 Å². The molecule has 2 fully saturated rings. The lowest BCUT2D eigenvalue weighted by Gasteiger charge is -2.43. The van der Waals surface area contributed by atoms with E-state index in [-0.39, 0.29) is 30.6 Å². The molecule has 128 valence electrons. The predicted molar refractivity (Wildman–Crippen MR) is 87.2 cm³/mol. The fraction of sp³-hybridized carbons (Fsp3) is 0.824. The third-order valence-corrected chi connectivity index (χ3v) is 4.80. The van der Waals surface area contributed by atoms with E-state index in [1.165, 1.54) is 4.90 Å². The third kappa shape index (κ3) is 3.66. The first kappa shape index (κ1) is 17.7. The minimum Gasteiger partial charge on any atom is -0.323 e. The molecule has 2 aliphatic rings. The smallest absolute Gasteiger partial charge is 0.323 e. The van der Waals surface area contributed by atoms with Gasteiger partial charge in [-0.25, -0.2) is 9.69 Å². The third-order valence-electron chi connectivity index (χ3n) is 4.80. The highest BCUT2D eigenvalue weighted by Gasteiger charge is 2.56. The molecule has 6 heteroatoms. The molecule has 0 radical (unpaired) electrons. The van der Waals surface area contributed by atoms with Crippen molar-refractivity contribution in [3.05, 3.63) is 0 Å². The Balaban J connectivity index is 2.17. The van der Waals surface area contributed by atoms with Crippen molar-refractivity contribution in [3.63, 3.8) is 0 Å². The predicted octanol–water partition coefficient (Wildman–Crippen LogP) is 2.32. The summed E-state index contributed by atoms with van der Waals surface area (Å²) in [4.78, 5) is 28.5. The van der Waals surface area contributed by atoms with Gasteiger partial charge < -0.3 is 5.32 Å². The topological polar surface area (TPSA) is 76.4 Å². The number of amides is 3. The molecule has 0 aromatic heterocycles. The van der Waals surface area contributed by atoms with Gasteiger partial charge in [0, 0.05) is 6.54 Å². The average molecular weight is 320 g/mol. The molecule has 2 atom stereocenters. The first-order valence-corrected chi connectivity index (χ1v) is 8.46. The zero-order chi connectivity index (χ0) is 17.3. The van der Waals surface area contributed by atoms with E-state index in [1.807, 2.05) is 11.8 Å². The van der Waals surface area contributed by atoms with E-state index in [4.69, 9.17) is 5.26 Å². The fourth-order valence-electron chi connectivity index (χ4n) is 4.45. The molecule has 1 spiro atoms. The van der Waals surface area contributed by atoms with Crippen LogP contribution in [0.3, 0.4) is 0 Å². The van der Waals surface area contributed by atoms with Crippen molar-refractivity contribution in [3.8, 4) is 6.07 Å². The molecule has 2 rings (SSSR count). The highest BCUT2D eigenvalue weighted by Crippen LogP contribution is 2.46. The van der Waals surface area contributed by atoms with Crippen molar-refractivity contribution >= 4 is 11.9 Å². The number of nitriles is 1. The van der Waals surface area contributed by atoms with Crippen LogP contribution in [-0.2, 0) is 4.79 Å². The molecule has 0 aromatic rings. The van der Waals surface area contributed by atoms with Crippen LogP contribution in [-0.4, -0.2) is 47.0 Å². The minimum atomic E-state index is -0.761. The zero-order valence-electron chi connectivity index (χ0n) is 14.7. The summed E-state index contributed by atoms with van der Waals surface area (Å²) in [6.45, 7) is 9.59. The first-order valence-electron chi connectivity index (χ1n) is 8.46. The summed E-state index contributed by atoms with van der Waals surface area (Å²) in [5.41, 5.74) is -0.727. The Labute approximate surface area is 138 Å². The Hall–Kier alpha value is -1.61. The van der Waals surface area contributed by atoms with Crippen molar-refractivity contribution in [1.29, 1.82) is 5.26 Å². The maximum Gasteiger partial charge on any atom is 0.326 e. The van der Waals surface area contributed by atoms with E-state index in [1.54, 1.807) is 0 Å². The molecule has 1 N–H and O–H groups in total. The first-order chi connectivity index (χ1) is 10.7. The summed E-state index contributed by atoms with van der Waals surface area (Å²) in [6.07, 6.45) is 3.32. The normalized spacial score (nSPS) is 29.9. The Morgan fingerprint density at radius 3 is 2.65 bits per heavy atom. The molecule has 23 heavy (non-hydrogen) atoms. The number of hydrogen-bond donors (Lipinski definition) is 1. The molecule has 0 bridgehead atoms. The molecule has 1 aliphatic heterocycles. The number of nitrogens with one attached hydrogen (secondary N) is 1. The molecule has 1 saturated heterocycles. The van der Waals surface area contributed by atoms with Crippen LogP contribution >= 0.6 is 0 Å². The van der Waals surface area contributed by atoms with Gasteiger partial charge in [0.05, 0.1) is 19.3 Å². The lowest BCUT2D eigenvalue weighted by molar-refractivity contribution is -0.136. The number of rotatable bonds is 5. The molecule has 6 nitrogen and oxygen atoms in total. The maximum absolute atomic E-state index is 13.0. The standard InChI is InChI=1S/C17H28N4O2/c1-5-7-20(8-6-18)12-21-14(22)17(19-15(21)23)10-13(2)9-16(3,4)11-17/h13H,5,7-12H2,1-4H3,(H,19,23). The van der Waals surface area contributed by atoms with Crippen molar-refractivity contribution < 1.29 is 9.59 Å². The van der Waals surface area contributed by atoms with Gasteiger partial charge >= 0.3 is 6.03 Å². The van der Waals surface area contributed by atoms with Crippen LogP contribution in [0.25, 0.3) is 0 Å². The van der Waals surface area contributed by atoms with Crippen molar-refractivity contribution in [2.24, 2.45) is 11.3 Å². The van der Waals surface area contributed by atoms with Crippen LogP contribution in [0.15, 0.2) is 0 Å². The van der Waals surface area contributed by atoms with E-state index in [9.17, 15) is 9.59 Å². The van der Waals surface area contributed by atoms with Crippen LogP contribution in [0.5, 0.6) is 0 Å². The summed E-state index contributed by atoms with van der Waals surface area (Å²) in [5.74, 6) is 0.273. The Morgan fingerprint density at radius 1 is 1.39 bits per heavy atom. The summed E-state index contributed by atoms with van der Waals surface area (Å²) in [7, 11) is 0. The number of imide groups is 1. The summed E-state index contributed by atoms with van der Waals surface area (Å²) in [5, 5.41) is 11.9. The fourth-order valence-corrected chi connectivity index (χ4v) is 4.45. The van der Waals surface area contributed by atoms with Crippen molar-refractivity contribution in [2.45, 2.75) is 58.9 Å². The largest absolute Gasteiger partial charge is 0.326 e. The quantitative estimate of drug-likeness (QED) is 0.623. The van der Waals surface area contributed by atoms with Crippen LogP contribution in [0.1, 0.15) is 53.4 Å². The molecule has 3 amide bonds. The second-order valence-corrected chi connectivity index (χ2v) is 7.95. The van der Waals surface area contributed by atoms with Crippen LogP contribution < -0.4 is 5.32 Å².